The lowest BCUT2D eigenvalue weighted by atomic mass is 10.1. The van der Waals surface area contributed by atoms with Gasteiger partial charge in [0.25, 0.3) is 5.91 Å². The number of hydrogen-bond acceptors (Lipinski definition) is 4. The lowest BCUT2D eigenvalue weighted by Crippen LogP contribution is -2.31. The fourth-order valence-electron chi connectivity index (χ4n) is 2.19. The van der Waals surface area contributed by atoms with Gasteiger partial charge in [-0.05, 0) is 38.0 Å². The van der Waals surface area contributed by atoms with Crippen LogP contribution in [0, 0.1) is 0 Å². The highest BCUT2D eigenvalue weighted by atomic mass is 16.2. The Bertz CT molecular complexity index is 579. The van der Waals surface area contributed by atoms with Gasteiger partial charge in [0.1, 0.15) is 5.82 Å². The van der Waals surface area contributed by atoms with Crippen molar-refractivity contribution in [1.29, 1.82) is 0 Å². The number of anilines is 1. The van der Waals surface area contributed by atoms with E-state index in [-0.39, 0.29) is 5.91 Å². The molecule has 116 valence electrons. The van der Waals surface area contributed by atoms with Crippen LogP contribution < -0.4 is 5.32 Å². The van der Waals surface area contributed by atoms with Crippen molar-refractivity contribution in [3.05, 3.63) is 53.7 Å². The molecule has 2 rings (SSSR count). The summed E-state index contributed by atoms with van der Waals surface area (Å²) in [5.74, 6) is 0.611. The van der Waals surface area contributed by atoms with Crippen LogP contribution in [0.5, 0.6) is 0 Å². The average Bonchev–Trinajstić information content (AvgIpc) is 2.57. The predicted molar refractivity (Wildman–Crippen MR) is 87.9 cm³/mol. The van der Waals surface area contributed by atoms with Gasteiger partial charge < -0.3 is 10.2 Å². The van der Waals surface area contributed by atoms with E-state index >= 15 is 0 Å². The minimum absolute atomic E-state index is 0.0756. The maximum atomic E-state index is 12.1. The molecule has 0 atom stereocenters. The van der Waals surface area contributed by atoms with E-state index in [0.717, 1.165) is 13.0 Å². The monoisotopic (exact) mass is 298 g/mol. The molecule has 0 spiro atoms. The Morgan fingerprint density at radius 3 is 2.36 bits per heavy atom. The van der Waals surface area contributed by atoms with Gasteiger partial charge >= 0.3 is 0 Å². The van der Waals surface area contributed by atoms with Gasteiger partial charge in [-0.3, -0.25) is 4.79 Å². The van der Waals surface area contributed by atoms with Gasteiger partial charge in [0.2, 0.25) is 0 Å². The Hall–Kier alpha value is -2.43. The highest BCUT2D eigenvalue weighted by Crippen LogP contribution is 2.06. The molecule has 0 aliphatic carbocycles. The molecule has 5 heteroatoms. The molecule has 22 heavy (non-hydrogen) atoms. The summed E-state index contributed by atoms with van der Waals surface area (Å²) in [6.45, 7) is 6.03. The first-order valence-corrected chi connectivity index (χ1v) is 7.65. The van der Waals surface area contributed by atoms with Crippen LogP contribution in [0.2, 0.25) is 0 Å². The molecule has 0 aliphatic rings. The molecule has 1 aromatic carbocycles. The van der Waals surface area contributed by atoms with Crippen LogP contribution in [0.25, 0.3) is 0 Å². The first kappa shape index (κ1) is 15.9. The van der Waals surface area contributed by atoms with Crippen molar-refractivity contribution in [2.75, 3.05) is 25.0 Å². The molecule has 0 saturated heterocycles. The van der Waals surface area contributed by atoms with Crippen LogP contribution in [-0.2, 0) is 6.42 Å². The summed E-state index contributed by atoms with van der Waals surface area (Å²) in [4.78, 5) is 13.8. The first-order valence-electron chi connectivity index (χ1n) is 7.65. The fourth-order valence-corrected chi connectivity index (χ4v) is 2.19. The Morgan fingerprint density at radius 1 is 1.05 bits per heavy atom. The third-order valence-electron chi connectivity index (χ3n) is 3.50. The molecule has 0 bridgehead atoms. The summed E-state index contributed by atoms with van der Waals surface area (Å²) in [7, 11) is 0. The Balaban J connectivity index is 1.88. The molecule has 1 aromatic heterocycles. The third kappa shape index (κ3) is 4.28. The van der Waals surface area contributed by atoms with E-state index in [9.17, 15) is 4.79 Å². The zero-order chi connectivity index (χ0) is 15.8. The molecular weight excluding hydrogens is 276 g/mol. The van der Waals surface area contributed by atoms with Crippen molar-refractivity contribution in [1.82, 2.24) is 15.1 Å². The number of nitrogens with one attached hydrogen (secondary N) is 1. The van der Waals surface area contributed by atoms with Crippen LogP contribution in [0.15, 0.2) is 42.5 Å². The van der Waals surface area contributed by atoms with E-state index < -0.39 is 0 Å². The van der Waals surface area contributed by atoms with E-state index in [0.29, 0.717) is 24.6 Å². The summed E-state index contributed by atoms with van der Waals surface area (Å²) in [6, 6.07) is 13.8. The van der Waals surface area contributed by atoms with Crippen molar-refractivity contribution < 1.29 is 4.79 Å². The van der Waals surface area contributed by atoms with Gasteiger partial charge in [-0.25, -0.2) is 0 Å². The Kier molecular flexibility index (Phi) is 5.89. The van der Waals surface area contributed by atoms with E-state index in [1.807, 2.05) is 32.0 Å². The maximum absolute atomic E-state index is 12.1. The van der Waals surface area contributed by atoms with Gasteiger partial charge in [-0.2, -0.15) is 0 Å². The number of amides is 1. The minimum Gasteiger partial charge on any atom is -0.368 e. The van der Waals surface area contributed by atoms with E-state index in [2.05, 4.69) is 27.6 Å². The second kappa shape index (κ2) is 8.12. The van der Waals surface area contributed by atoms with Crippen LogP contribution >= 0.6 is 0 Å². The standard InChI is InChI=1S/C17H22N4O/c1-3-21(4-2)17(22)15-10-11-16(20-19-15)18-13-12-14-8-6-5-7-9-14/h5-11H,3-4,12-13H2,1-2H3,(H,18,20). The van der Waals surface area contributed by atoms with Crippen molar-refractivity contribution >= 4 is 11.7 Å². The predicted octanol–water partition coefficient (Wildman–Crippen LogP) is 2.61. The van der Waals surface area contributed by atoms with E-state index in [4.69, 9.17) is 0 Å². The topological polar surface area (TPSA) is 58.1 Å². The van der Waals surface area contributed by atoms with Crippen molar-refractivity contribution in [2.24, 2.45) is 0 Å². The highest BCUT2D eigenvalue weighted by molar-refractivity contribution is 5.92. The van der Waals surface area contributed by atoms with Crippen LogP contribution in [0.1, 0.15) is 29.9 Å². The van der Waals surface area contributed by atoms with Gasteiger partial charge in [0, 0.05) is 19.6 Å². The Morgan fingerprint density at radius 2 is 1.77 bits per heavy atom. The van der Waals surface area contributed by atoms with Crippen molar-refractivity contribution in [3.63, 3.8) is 0 Å². The Labute approximate surface area is 131 Å². The number of nitrogens with zero attached hydrogens (tertiary/aromatic N) is 3. The molecule has 1 amide bonds. The van der Waals surface area contributed by atoms with Crippen molar-refractivity contribution in [2.45, 2.75) is 20.3 Å². The summed E-state index contributed by atoms with van der Waals surface area (Å²) in [5.41, 5.74) is 1.66. The fraction of sp³-hybridized carbons (Fsp3) is 0.353. The summed E-state index contributed by atoms with van der Waals surface area (Å²) < 4.78 is 0. The normalized spacial score (nSPS) is 10.3. The number of aromatic nitrogens is 2. The number of rotatable bonds is 7. The number of benzene rings is 1. The summed E-state index contributed by atoms with van der Waals surface area (Å²) in [6.07, 6.45) is 0.919. The SMILES string of the molecule is CCN(CC)C(=O)c1ccc(NCCc2ccccc2)nn1. The summed E-state index contributed by atoms with van der Waals surface area (Å²) in [5, 5.41) is 11.3. The first-order chi connectivity index (χ1) is 10.7. The average molecular weight is 298 g/mol. The van der Waals surface area contributed by atoms with Gasteiger partial charge in [-0.15, -0.1) is 10.2 Å². The highest BCUT2D eigenvalue weighted by Gasteiger charge is 2.14. The molecule has 0 unspecified atom stereocenters. The second-order valence-corrected chi connectivity index (χ2v) is 4.94. The zero-order valence-electron chi connectivity index (χ0n) is 13.1. The molecule has 1 heterocycles. The van der Waals surface area contributed by atoms with E-state index in [1.54, 1.807) is 17.0 Å². The molecule has 0 fully saturated rings. The lowest BCUT2D eigenvalue weighted by Gasteiger charge is -2.17. The summed E-state index contributed by atoms with van der Waals surface area (Å²) >= 11 is 0. The van der Waals surface area contributed by atoms with Gasteiger partial charge in [0.05, 0.1) is 0 Å². The van der Waals surface area contributed by atoms with Crippen LogP contribution in [-0.4, -0.2) is 40.6 Å². The number of carbonyl (C=O) groups is 1. The third-order valence-corrected chi connectivity index (χ3v) is 3.50. The molecule has 1 N–H and O–H groups in total. The van der Waals surface area contributed by atoms with Gasteiger partial charge in [-0.1, -0.05) is 30.3 Å². The molecule has 0 radical (unpaired) electrons. The van der Waals surface area contributed by atoms with Crippen LogP contribution in [0.4, 0.5) is 5.82 Å². The number of carbonyl (C=O) groups excluding carboxylic acids is 1. The molecule has 0 saturated carbocycles. The number of hydrogen-bond donors (Lipinski definition) is 1. The van der Waals surface area contributed by atoms with Gasteiger partial charge in [0.15, 0.2) is 5.69 Å². The zero-order valence-corrected chi connectivity index (χ0v) is 13.1. The smallest absolute Gasteiger partial charge is 0.274 e. The molecular formula is C17H22N4O. The maximum Gasteiger partial charge on any atom is 0.274 e. The van der Waals surface area contributed by atoms with E-state index in [1.165, 1.54) is 5.56 Å². The largest absolute Gasteiger partial charge is 0.368 e. The second-order valence-electron chi connectivity index (χ2n) is 4.94. The van der Waals surface area contributed by atoms with Crippen molar-refractivity contribution in [3.8, 4) is 0 Å². The molecule has 0 aliphatic heterocycles. The van der Waals surface area contributed by atoms with Crippen LogP contribution in [0.3, 0.4) is 0 Å². The quantitative estimate of drug-likeness (QED) is 0.853. The molecule has 5 nitrogen and oxygen atoms in total. The minimum atomic E-state index is -0.0756. The lowest BCUT2D eigenvalue weighted by molar-refractivity contribution is 0.0766. The molecule has 2 aromatic rings.